The van der Waals surface area contributed by atoms with Crippen molar-refractivity contribution in [3.63, 3.8) is 0 Å². The summed E-state index contributed by atoms with van der Waals surface area (Å²) in [4.78, 5) is 2.49. The van der Waals surface area contributed by atoms with Crippen molar-refractivity contribution in [2.24, 2.45) is 0 Å². The van der Waals surface area contributed by atoms with Crippen molar-refractivity contribution < 1.29 is 0 Å². The van der Waals surface area contributed by atoms with Crippen LogP contribution in [-0.2, 0) is 13.1 Å². The van der Waals surface area contributed by atoms with E-state index >= 15 is 0 Å². The molecule has 0 amide bonds. The Morgan fingerprint density at radius 3 is 2.38 bits per heavy atom. The summed E-state index contributed by atoms with van der Waals surface area (Å²) in [5.41, 5.74) is 2.84. The number of nitrogens with zero attached hydrogens (tertiary/aromatic N) is 2. The third kappa shape index (κ3) is 5.35. The van der Waals surface area contributed by atoms with Crippen LogP contribution in [0, 0.1) is 0 Å². The van der Waals surface area contributed by atoms with Crippen molar-refractivity contribution in [1.29, 1.82) is 0 Å². The maximum atomic E-state index is 3.64. The fourth-order valence-corrected chi connectivity index (χ4v) is 3.77. The van der Waals surface area contributed by atoms with E-state index in [9.17, 15) is 0 Å². The zero-order chi connectivity index (χ0) is 17.4. The SMILES string of the molecule is CCCCCCCCn1cc(CN(CC)CC)c2cc(Br)ccc21. The zero-order valence-electron chi connectivity index (χ0n) is 15.7. The van der Waals surface area contributed by atoms with Crippen LogP contribution in [0.25, 0.3) is 10.9 Å². The Kier molecular flexibility index (Phi) is 8.34. The Morgan fingerprint density at radius 1 is 0.958 bits per heavy atom. The van der Waals surface area contributed by atoms with Crippen LogP contribution in [0.3, 0.4) is 0 Å². The average Bonchev–Trinajstić information content (AvgIpc) is 2.92. The first kappa shape index (κ1) is 19.5. The Labute approximate surface area is 156 Å². The van der Waals surface area contributed by atoms with Crippen molar-refractivity contribution >= 4 is 26.8 Å². The van der Waals surface area contributed by atoms with Crippen LogP contribution in [0.4, 0.5) is 0 Å². The molecule has 2 rings (SSSR count). The highest BCUT2D eigenvalue weighted by Gasteiger charge is 2.11. The Balaban J connectivity index is 2.09. The van der Waals surface area contributed by atoms with Gasteiger partial charge in [0.05, 0.1) is 0 Å². The lowest BCUT2D eigenvalue weighted by atomic mass is 10.1. The van der Waals surface area contributed by atoms with E-state index in [0.717, 1.165) is 26.2 Å². The van der Waals surface area contributed by atoms with Gasteiger partial charge in [-0.1, -0.05) is 68.8 Å². The summed E-state index contributed by atoms with van der Waals surface area (Å²) in [5, 5.41) is 1.40. The highest BCUT2D eigenvalue weighted by Crippen LogP contribution is 2.27. The molecule has 134 valence electrons. The van der Waals surface area contributed by atoms with E-state index in [4.69, 9.17) is 0 Å². The zero-order valence-corrected chi connectivity index (χ0v) is 17.2. The number of hydrogen-bond donors (Lipinski definition) is 0. The molecule has 24 heavy (non-hydrogen) atoms. The van der Waals surface area contributed by atoms with E-state index in [2.05, 4.69) is 70.6 Å². The summed E-state index contributed by atoms with van der Waals surface area (Å²) in [5.74, 6) is 0. The minimum atomic E-state index is 1.05. The first-order valence-electron chi connectivity index (χ1n) is 9.69. The fraction of sp³-hybridized carbons (Fsp3) is 0.619. The molecule has 0 N–H and O–H groups in total. The van der Waals surface area contributed by atoms with E-state index in [-0.39, 0.29) is 0 Å². The molecule has 1 heterocycles. The second kappa shape index (κ2) is 10.2. The van der Waals surface area contributed by atoms with Crippen LogP contribution < -0.4 is 0 Å². The molecule has 0 aliphatic heterocycles. The molecule has 0 fully saturated rings. The molecule has 0 saturated carbocycles. The molecule has 1 aromatic carbocycles. The largest absolute Gasteiger partial charge is 0.347 e. The van der Waals surface area contributed by atoms with Crippen LogP contribution >= 0.6 is 15.9 Å². The van der Waals surface area contributed by atoms with Crippen molar-refractivity contribution in [2.45, 2.75) is 72.4 Å². The first-order chi connectivity index (χ1) is 11.7. The maximum Gasteiger partial charge on any atom is 0.0484 e. The van der Waals surface area contributed by atoms with Crippen LogP contribution in [-0.4, -0.2) is 22.6 Å². The summed E-state index contributed by atoms with van der Waals surface area (Å²) < 4.78 is 3.65. The smallest absolute Gasteiger partial charge is 0.0484 e. The van der Waals surface area contributed by atoms with Crippen molar-refractivity contribution in [2.75, 3.05) is 13.1 Å². The molecule has 2 aromatic rings. The quantitative estimate of drug-likeness (QED) is 0.390. The summed E-state index contributed by atoms with van der Waals surface area (Å²) >= 11 is 3.64. The predicted molar refractivity (Wildman–Crippen MR) is 110 cm³/mol. The van der Waals surface area contributed by atoms with Gasteiger partial charge in [0.15, 0.2) is 0 Å². The van der Waals surface area contributed by atoms with E-state index in [0.29, 0.717) is 0 Å². The fourth-order valence-electron chi connectivity index (χ4n) is 3.40. The summed E-state index contributed by atoms with van der Waals surface area (Å²) in [7, 11) is 0. The van der Waals surface area contributed by atoms with Gasteiger partial charge in [-0.05, 0) is 43.3 Å². The molecule has 3 heteroatoms. The lowest BCUT2D eigenvalue weighted by Gasteiger charge is -2.17. The number of rotatable bonds is 11. The molecular formula is C21H33BrN2. The van der Waals surface area contributed by atoms with Gasteiger partial charge in [-0.25, -0.2) is 0 Å². The van der Waals surface area contributed by atoms with Gasteiger partial charge in [-0.3, -0.25) is 4.90 Å². The third-order valence-corrected chi connectivity index (χ3v) is 5.46. The Morgan fingerprint density at radius 2 is 1.67 bits per heavy atom. The minimum absolute atomic E-state index is 1.05. The number of aryl methyl sites for hydroxylation is 1. The molecule has 0 aliphatic rings. The van der Waals surface area contributed by atoms with Gasteiger partial charge in [-0.15, -0.1) is 0 Å². The van der Waals surface area contributed by atoms with E-state index in [1.807, 2.05) is 0 Å². The second-order valence-electron chi connectivity index (χ2n) is 6.74. The monoisotopic (exact) mass is 392 g/mol. The van der Waals surface area contributed by atoms with Gasteiger partial charge in [0.1, 0.15) is 0 Å². The van der Waals surface area contributed by atoms with Crippen molar-refractivity contribution in [3.05, 3.63) is 34.4 Å². The highest BCUT2D eigenvalue weighted by atomic mass is 79.9. The first-order valence-corrected chi connectivity index (χ1v) is 10.5. The molecule has 0 bridgehead atoms. The molecule has 2 nitrogen and oxygen atoms in total. The number of fused-ring (bicyclic) bond motifs is 1. The molecule has 0 aliphatic carbocycles. The van der Waals surface area contributed by atoms with Gasteiger partial charge in [0.2, 0.25) is 0 Å². The lowest BCUT2D eigenvalue weighted by molar-refractivity contribution is 0.296. The van der Waals surface area contributed by atoms with Crippen molar-refractivity contribution in [1.82, 2.24) is 9.47 Å². The van der Waals surface area contributed by atoms with Gasteiger partial charge in [-0.2, -0.15) is 0 Å². The minimum Gasteiger partial charge on any atom is -0.347 e. The standard InChI is InChI=1S/C21H33BrN2/c1-4-7-8-9-10-11-14-24-17-18(16-23(5-2)6-3)20-15-19(22)12-13-21(20)24/h12-13,15,17H,4-11,14,16H2,1-3H3. The maximum absolute atomic E-state index is 3.64. The number of halogens is 1. The van der Waals surface area contributed by atoms with Gasteiger partial charge >= 0.3 is 0 Å². The third-order valence-electron chi connectivity index (χ3n) is 4.97. The van der Waals surface area contributed by atoms with E-state index < -0.39 is 0 Å². The van der Waals surface area contributed by atoms with E-state index in [1.165, 1.54) is 59.5 Å². The number of hydrogen-bond acceptors (Lipinski definition) is 1. The molecule has 0 unspecified atom stereocenters. The normalized spacial score (nSPS) is 11.7. The molecule has 1 aromatic heterocycles. The topological polar surface area (TPSA) is 8.17 Å². The van der Waals surface area contributed by atoms with Gasteiger partial charge < -0.3 is 4.57 Å². The molecular weight excluding hydrogens is 360 g/mol. The summed E-state index contributed by atoms with van der Waals surface area (Å²) in [6.07, 6.45) is 10.5. The highest BCUT2D eigenvalue weighted by molar-refractivity contribution is 9.10. The summed E-state index contributed by atoms with van der Waals surface area (Å²) in [6.45, 7) is 11.2. The van der Waals surface area contributed by atoms with Crippen LogP contribution in [0.5, 0.6) is 0 Å². The molecule has 0 spiro atoms. The Hall–Kier alpha value is -0.800. The molecule has 0 radical (unpaired) electrons. The van der Waals surface area contributed by atoms with Gasteiger partial charge in [0, 0.05) is 34.7 Å². The summed E-state index contributed by atoms with van der Waals surface area (Å²) in [6, 6.07) is 6.72. The lowest BCUT2D eigenvalue weighted by Crippen LogP contribution is -2.21. The number of aromatic nitrogens is 1. The second-order valence-corrected chi connectivity index (χ2v) is 7.65. The average molecular weight is 393 g/mol. The van der Waals surface area contributed by atoms with Crippen LogP contribution in [0.1, 0.15) is 64.9 Å². The Bertz CT molecular complexity index is 614. The predicted octanol–water partition coefficient (Wildman–Crippen LogP) is 6.61. The number of unbranched alkanes of at least 4 members (excludes halogenated alkanes) is 5. The van der Waals surface area contributed by atoms with Crippen LogP contribution in [0.2, 0.25) is 0 Å². The van der Waals surface area contributed by atoms with E-state index in [1.54, 1.807) is 0 Å². The van der Waals surface area contributed by atoms with Crippen LogP contribution in [0.15, 0.2) is 28.9 Å². The van der Waals surface area contributed by atoms with Gasteiger partial charge in [0.25, 0.3) is 0 Å². The number of benzene rings is 1. The molecule has 0 atom stereocenters. The van der Waals surface area contributed by atoms with Crippen molar-refractivity contribution in [3.8, 4) is 0 Å². The molecule has 0 saturated heterocycles.